The van der Waals surface area contributed by atoms with Crippen molar-refractivity contribution in [2.45, 2.75) is 11.8 Å². The van der Waals surface area contributed by atoms with Crippen LogP contribution in [0.3, 0.4) is 0 Å². The minimum absolute atomic E-state index is 0.0789. The summed E-state index contributed by atoms with van der Waals surface area (Å²) in [4.78, 5) is 22.9. The van der Waals surface area contributed by atoms with Crippen LogP contribution in [0.15, 0.2) is 41.3 Å². The van der Waals surface area contributed by atoms with E-state index in [1.807, 2.05) is 0 Å². The van der Waals surface area contributed by atoms with Crippen molar-refractivity contribution in [1.82, 2.24) is 4.31 Å². The fourth-order valence-corrected chi connectivity index (χ4v) is 4.71. The van der Waals surface area contributed by atoms with Gasteiger partial charge in [0.1, 0.15) is 17.3 Å². The molecular weight excluding hydrogens is 408 g/mol. The van der Waals surface area contributed by atoms with Gasteiger partial charge in [-0.3, -0.25) is 14.9 Å². The molecule has 0 unspecified atom stereocenters. The highest BCUT2D eigenvalue weighted by atomic mass is 32.2. The van der Waals surface area contributed by atoms with Gasteiger partial charge in [0.15, 0.2) is 10.7 Å². The Morgan fingerprint density at radius 3 is 2.17 bits per heavy atom. The molecule has 0 bridgehead atoms. The van der Waals surface area contributed by atoms with Crippen molar-refractivity contribution in [3.05, 3.63) is 63.7 Å². The van der Waals surface area contributed by atoms with Crippen molar-refractivity contribution in [2.75, 3.05) is 31.1 Å². The number of nitro groups is 1. The second kappa shape index (κ2) is 7.84. The lowest BCUT2D eigenvalue weighted by atomic mass is 10.1. The molecule has 2 aromatic rings. The zero-order valence-corrected chi connectivity index (χ0v) is 16.2. The summed E-state index contributed by atoms with van der Waals surface area (Å²) < 4.78 is 54.1. The monoisotopic (exact) mass is 425 g/mol. The first-order chi connectivity index (χ1) is 13.6. The van der Waals surface area contributed by atoms with Crippen LogP contribution in [-0.4, -0.2) is 49.6 Å². The van der Waals surface area contributed by atoms with Gasteiger partial charge in [0.05, 0.1) is 4.92 Å². The van der Waals surface area contributed by atoms with Crippen molar-refractivity contribution in [3.63, 3.8) is 0 Å². The maximum atomic E-state index is 13.9. The van der Waals surface area contributed by atoms with Gasteiger partial charge in [-0.25, -0.2) is 17.2 Å². The number of hydrogen-bond acceptors (Lipinski definition) is 6. The molecule has 0 N–H and O–H groups in total. The number of piperazine rings is 1. The van der Waals surface area contributed by atoms with Crippen LogP contribution < -0.4 is 4.90 Å². The number of halogens is 2. The Hall–Kier alpha value is -2.92. The average Bonchev–Trinajstić information content (AvgIpc) is 2.67. The van der Waals surface area contributed by atoms with E-state index >= 15 is 0 Å². The van der Waals surface area contributed by atoms with Crippen LogP contribution in [0.5, 0.6) is 0 Å². The SMILES string of the molecule is CC(=O)c1ccc(N2CCN(S(=O)(=O)c3c(F)cccc3F)CC2)c([N+](=O)[O-])c1. The van der Waals surface area contributed by atoms with Gasteiger partial charge in [0.2, 0.25) is 10.0 Å². The summed E-state index contributed by atoms with van der Waals surface area (Å²) in [6.45, 7) is 1.23. The van der Waals surface area contributed by atoms with Crippen LogP contribution in [0.1, 0.15) is 17.3 Å². The molecule has 11 heteroatoms. The summed E-state index contributed by atoms with van der Waals surface area (Å²) in [6.07, 6.45) is 0. The number of anilines is 1. The highest BCUT2D eigenvalue weighted by Gasteiger charge is 2.34. The highest BCUT2D eigenvalue weighted by molar-refractivity contribution is 7.89. The molecule has 0 aliphatic carbocycles. The van der Waals surface area contributed by atoms with E-state index in [0.717, 1.165) is 22.5 Å². The summed E-state index contributed by atoms with van der Waals surface area (Å²) in [6, 6.07) is 6.89. The molecule has 1 fully saturated rings. The second-order valence-electron chi connectivity index (χ2n) is 6.46. The molecule has 0 spiro atoms. The van der Waals surface area contributed by atoms with Gasteiger partial charge in [-0.05, 0) is 31.2 Å². The van der Waals surface area contributed by atoms with Gasteiger partial charge < -0.3 is 4.90 Å². The van der Waals surface area contributed by atoms with E-state index in [0.29, 0.717) is 0 Å². The molecule has 0 amide bonds. The Kier molecular flexibility index (Phi) is 5.62. The van der Waals surface area contributed by atoms with E-state index in [1.165, 1.54) is 25.1 Å². The fraction of sp³-hybridized carbons (Fsp3) is 0.278. The zero-order chi connectivity index (χ0) is 21.3. The molecule has 1 saturated heterocycles. The summed E-state index contributed by atoms with van der Waals surface area (Å²) in [5.74, 6) is -2.67. The summed E-state index contributed by atoms with van der Waals surface area (Å²) in [7, 11) is -4.40. The first-order valence-electron chi connectivity index (χ1n) is 8.61. The number of carbonyl (C=O) groups is 1. The molecule has 1 aliphatic heterocycles. The molecule has 1 aliphatic rings. The molecule has 0 radical (unpaired) electrons. The van der Waals surface area contributed by atoms with Crippen LogP contribution in [0, 0.1) is 21.7 Å². The first kappa shape index (κ1) is 20.8. The molecule has 29 heavy (non-hydrogen) atoms. The third-order valence-corrected chi connectivity index (χ3v) is 6.63. The molecule has 0 atom stereocenters. The van der Waals surface area contributed by atoms with E-state index in [4.69, 9.17) is 0 Å². The van der Waals surface area contributed by atoms with E-state index in [1.54, 1.807) is 4.90 Å². The average molecular weight is 425 g/mol. The minimum atomic E-state index is -4.40. The van der Waals surface area contributed by atoms with Crippen molar-refractivity contribution in [3.8, 4) is 0 Å². The van der Waals surface area contributed by atoms with Gasteiger partial charge in [-0.2, -0.15) is 4.31 Å². The van der Waals surface area contributed by atoms with Crippen LogP contribution in [-0.2, 0) is 10.0 Å². The Bertz CT molecular complexity index is 1060. The maximum absolute atomic E-state index is 13.9. The van der Waals surface area contributed by atoms with Gasteiger partial charge in [-0.15, -0.1) is 0 Å². The van der Waals surface area contributed by atoms with Gasteiger partial charge in [-0.1, -0.05) is 6.07 Å². The maximum Gasteiger partial charge on any atom is 0.293 e. The topological polar surface area (TPSA) is 101 Å². The standard InChI is InChI=1S/C18H17F2N3O5S/c1-12(24)13-5-6-16(17(11-13)23(25)26)21-7-9-22(10-8-21)29(27,28)18-14(19)3-2-4-15(18)20/h2-6,11H,7-10H2,1H3. The normalized spacial score (nSPS) is 15.3. The molecule has 0 aromatic heterocycles. The van der Waals surface area contributed by atoms with Crippen LogP contribution in [0.4, 0.5) is 20.2 Å². The van der Waals surface area contributed by atoms with Crippen molar-refractivity contribution in [2.24, 2.45) is 0 Å². The molecule has 1 heterocycles. The van der Waals surface area contributed by atoms with Gasteiger partial charge >= 0.3 is 0 Å². The third-order valence-electron chi connectivity index (χ3n) is 4.67. The van der Waals surface area contributed by atoms with Gasteiger partial charge in [0, 0.05) is 37.8 Å². The Morgan fingerprint density at radius 2 is 1.66 bits per heavy atom. The van der Waals surface area contributed by atoms with Gasteiger partial charge in [0.25, 0.3) is 5.69 Å². The molecule has 0 saturated carbocycles. The largest absolute Gasteiger partial charge is 0.363 e. The Morgan fingerprint density at radius 1 is 1.07 bits per heavy atom. The number of carbonyl (C=O) groups excluding carboxylic acids is 1. The Balaban J connectivity index is 1.84. The fourth-order valence-electron chi connectivity index (χ4n) is 3.18. The lowest BCUT2D eigenvalue weighted by Gasteiger charge is -2.35. The highest BCUT2D eigenvalue weighted by Crippen LogP contribution is 2.31. The smallest absolute Gasteiger partial charge is 0.293 e. The quantitative estimate of drug-likeness (QED) is 0.415. The van der Waals surface area contributed by atoms with E-state index in [9.17, 15) is 32.1 Å². The third kappa shape index (κ3) is 3.96. The number of benzene rings is 2. The van der Waals surface area contributed by atoms with E-state index < -0.39 is 31.5 Å². The Labute approximate surface area is 165 Å². The molecule has 2 aromatic carbocycles. The lowest BCUT2D eigenvalue weighted by molar-refractivity contribution is -0.384. The summed E-state index contributed by atoms with van der Waals surface area (Å²) in [5, 5.41) is 11.4. The molecule has 8 nitrogen and oxygen atoms in total. The van der Waals surface area contributed by atoms with Crippen LogP contribution >= 0.6 is 0 Å². The number of ketones is 1. The van der Waals surface area contributed by atoms with Crippen molar-refractivity contribution >= 4 is 27.2 Å². The second-order valence-corrected chi connectivity index (χ2v) is 8.33. The number of rotatable bonds is 5. The summed E-state index contributed by atoms with van der Waals surface area (Å²) in [5.41, 5.74) is 0.167. The number of sulfonamides is 1. The van der Waals surface area contributed by atoms with Crippen LogP contribution in [0.2, 0.25) is 0 Å². The minimum Gasteiger partial charge on any atom is -0.363 e. The van der Waals surface area contributed by atoms with E-state index in [-0.39, 0.29) is 48.9 Å². The zero-order valence-electron chi connectivity index (χ0n) is 15.3. The number of hydrogen-bond donors (Lipinski definition) is 0. The summed E-state index contributed by atoms with van der Waals surface area (Å²) >= 11 is 0. The number of Topliss-reactive ketones (excluding diaryl/α,β-unsaturated/α-hetero) is 1. The number of nitro benzene ring substituents is 1. The first-order valence-corrected chi connectivity index (χ1v) is 10.1. The predicted molar refractivity (Wildman–Crippen MR) is 100 cm³/mol. The van der Waals surface area contributed by atoms with Crippen molar-refractivity contribution in [1.29, 1.82) is 0 Å². The number of nitrogens with zero attached hydrogens (tertiary/aromatic N) is 3. The van der Waals surface area contributed by atoms with Crippen LogP contribution in [0.25, 0.3) is 0 Å². The molecule has 154 valence electrons. The molecule has 3 rings (SSSR count). The van der Waals surface area contributed by atoms with Crippen molar-refractivity contribution < 1.29 is 26.9 Å². The molecular formula is C18H17F2N3O5S. The van der Waals surface area contributed by atoms with E-state index in [2.05, 4.69) is 0 Å². The lowest BCUT2D eigenvalue weighted by Crippen LogP contribution is -2.49. The predicted octanol–water partition coefficient (Wildman–Crippen LogP) is 2.59.